The third kappa shape index (κ3) is 3.54. The van der Waals surface area contributed by atoms with Gasteiger partial charge in [-0.05, 0) is 56.5 Å². The van der Waals surface area contributed by atoms with Gasteiger partial charge in [0.2, 0.25) is 0 Å². The molecule has 0 bridgehead atoms. The number of likely N-dealkylation sites (tertiary alicyclic amines) is 1. The van der Waals surface area contributed by atoms with Crippen LogP contribution < -0.4 is 5.56 Å². The summed E-state index contributed by atoms with van der Waals surface area (Å²) in [5.74, 6) is 1.23. The minimum absolute atomic E-state index is 0.140. The third-order valence-corrected chi connectivity index (χ3v) is 5.90. The molecule has 0 radical (unpaired) electrons. The van der Waals surface area contributed by atoms with Gasteiger partial charge in [-0.2, -0.15) is 10.2 Å². The molecule has 154 valence electrons. The number of para-hydroxylation sites is 1. The van der Waals surface area contributed by atoms with Crippen molar-refractivity contribution in [2.75, 3.05) is 13.1 Å². The molecule has 1 N–H and O–H groups in total. The molecule has 4 aromatic rings. The Labute approximate surface area is 174 Å². The molecule has 0 saturated carbocycles. The predicted octanol–water partition coefficient (Wildman–Crippen LogP) is 2.70. The number of H-pyrrole nitrogens is 1. The van der Waals surface area contributed by atoms with E-state index in [1.165, 1.54) is 5.56 Å². The van der Waals surface area contributed by atoms with Gasteiger partial charge in [0.25, 0.3) is 5.56 Å². The minimum atomic E-state index is -0.140. The van der Waals surface area contributed by atoms with E-state index in [1.807, 2.05) is 41.2 Å². The maximum atomic E-state index is 12.6. The lowest BCUT2D eigenvalue weighted by Crippen LogP contribution is -2.33. The number of nitrogens with zero attached hydrogens (tertiary/aromatic N) is 6. The summed E-state index contributed by atoms with van der Waals surface area (Å²) >= 11 is 0. The monoisotopic (exact) mass is 403 g/mol. The fourth-order valence-electron chi connectivity index (χ4n) is 4.20. The van der Waals surface area contributed by atoms with Crippen molar-refractivity contribution >= 4 is 11.0 Å². The highest BCUT2D eigenvalue weighted by Gasteiger charge is 2.22. The SMILES string of the molecule is CCn1cc(C2CCN(Cc3nc4c(cnn4-c4ccccc4)c(=O)[nH]3)CC2)cn1. The van der Waals surface area contributed by atoms with Crippen LogP contribution in [0, 0.1) is 0 Å². The molecule has 1 fully saturated rings. The molecule has 30 heavy (non-hydrogen) atoms. The lowest BCUT2D eigenvalue weighted by atomic mass is 9.91. The number of piperidine rings is 1. The van der Waals surface area contributed by atoms with E-state index in [4.69, 9.17) is 4.98 Å². The number of aromatic nitrogens is 6. The van der Waals surface area contributed by atoms with Gasteiger partial charge in [-0.25, -0.2) is 9.67 Å². The molecule has 0 amide bonds. The number of fused-ring (bicyclic) bond motifs is 1. The van der Waals surface area contributed by atoms with E-state index in [-0.39, 0.29) is 5.56 Å². The maximum Gasteiger partial charge on any atom is 0.262 e. The van der Waals surface area contributed by atoms with Crippen LogP contribution in [0.2, 0.25) is 0 Å². The summed E-state index contributed by atoms with van der Waals surface area (Å²) in [6.07, 6.45) is 7.92. The van der Waals surface area contributed by atoms with Crippen molar-refractivity contribution in [2.24, 2.45) is 0 Å². The first-order valence-electron chi connectivity index (χ1n) is 10.5. The zero-order valence-corrected chi connectivity index (χ0v) is 17.0. The van der Waals surface area contributed by atoms with E-state index in [2.05, 4.69) is 33.2 Å². The summed E-state index contributed by atoms with van der Waals surface area (Å²) in [4.78, 5) is 22.6. The zero-order valence-electron chi connectivity index (χ0n) is 17.0. The summed E-state index contributed by atoms with van der Waals surface area (Å²) in [5.41, 5.74) is 2.68. The molecule has 1 aliphatic heterocycles. The summed E-state index contributed by atoms with van der Waals surface area (Å²) in [5, 5.41) is 9.30. The molecule has 0 atom stereocenters. The second-order valence-corrected chi connectivity index (χ2v) is 7.82. The minimum Gasteiger partial charge on any atom is -0.309 e. The van der Waals surface area contributed by atoms with Crippen molar-refractivity contribution in [3.8, 4) is 5.69 Å². The van der Waals surface area contributed by atoms with Crippen LogP contribution >= 0.6 is 0 Å². The van der Waals surface area contributed by atoms with Crippen LogP contribution in [0.3, 0.4) is 0 Å². The molecule has 8 heteroatoms. The summed E-state index contributed by atoms with van der Waals surface area (Å²) in [6, 6.07) is 9.77. The molecule has 0 spiro atoms. The summed E-state index contributed by atoms with van der Waals surface area (Å²) in [7, 11) is 0. The molecule has 1 saturated heterocycles. The predicted molar refractivity (Wildman–Crippen MR) is 115 cm³/mol. The first kappa shape index (κ1) is 18.7. The highest BCUT2D eigenvalue weighted by molar-refractivity contribution is 5.75. The molecule has 4 heterocycles. The first-order chi connectivity index (χ1) is 14.7. The van der Waals surface area contributed by atoms with Gasteiger partial charge in [-0.3, -0.25) is 14.4 Å². The van der Waals surface area contributed by atoms with Crippen LogP contribution in [0.15, 0.2) is 53.7 Å². The van der Waals surface area contributed by atoms with Crippen LogP contribution in [-0.4, -0.2) is 47.5 Å². The number of nitrogens with one attached hydrogen (secondary N) is 1. The number of aryl methyl sites for hydroxylation is 1. The van der Waals surface area contributed by atoms with Crippen LogP contribution in [0.1, 0.15) is 37.1 Å². The van der Waals surface area contributed by atoms with Crippen molar-refractivity contribution in [3.63, 3.8) is 0 Å². The van der Waals surface area contributed by atoms with E-state index in [9.17, 15) is 4.79 Å². The smallest absolute Gasteiger partial charge is 0.262 e. The van der Waals surface area contributed by atoms with Gasteiger partial charge < -0.3 is 4.98 Å². The van der Waals surface area contributed by atoms with Gasteiger partial charge in [-0.15, -0.1) is 0 Å². The average Bonchev–Trinajstić information content (AvgIpc) is 3.42. The Kier molecular flexibility index (Phi) is 4.92. The van der Waals surface area contributed by atoms with Crippen LogP contribution in [0.25, 0.3) is 16.7 Å². The molecule has 5 rings (SSSR count). The van der Waals surface area contributed by atoms with Crippen molar-refractivity contribution < 1.29 is 0 Å². The van der Waals surface area contributed by atoms with E-state index in [0.717, 1.165) is 38.2 Å². The fourth-order valence-corrected chi connectivity index (χ4v) is 4.20. The Morgan fingerprint density at radius 1 is 1.10 bits per heavy atom. The summed E-state index contributed by atoms with van der Waals surface area (Å²) < 4.78 is 3.72. The fraction of sp³-hybridized carbons (Fsp3) is 0.364. The van der Waals surface area contributed by atoms with E-state index in [0.29, 0.717) is 29.3 Å². The molecular formula is C22H25N7O. The molecule has 0 unspecified atom stereocenters. The van der Waals surface area contributed by atoms with Crippen molar-refractivity contribution in [2.45, 2.75) is 38.8 Å². The average molecular weight is 403 g/mol. The van der Waals surface area contributed by atoms with Gasteiger partial charge in [0.05, 0.1) is 24.6 Å². The molecule has 8 nitrogen and oxygen atoms in total. The van der Waals surface area contributed by atoms with Crippen LogP contribution in [-0.2, 0) is 13.1 Å². The number of aromatic amines is 1. The Balaban J connectivity index is 1.33. The van der Waals surface area contributed by atoms with Gasteiger partial charge in [-0.1, -0.05) is 18.2 Å². The second-order valence-electron chi connectivity index (χ2n) is 7.82. The van der Waals surface area contributed by atoms with Gasteiger partial charge in [0, 0.05) is 12.7 Å². The highest BCUT2D eigenvalue weighted by Crippen LogP contribution is 2.28. The van der Waals surface area contributed by atoms with E-state index >= 15 is 0 Å². The van der Waals surface area contributed by atoms with Crippen molar-refractivity contribution in [1.82, 2.24) is 34.4 Å². The third-order valence-electron chi connectivity index (χ3n) is 5.90. The molecule has 0 aliphatic carbocycles. The Bertz CT molecular complexity index is 1200. The van der Waals surface area contributed by atoms with Gasteiger partial charge in [0.1, 0.15) is 11.2 Å². The second kappa shape index (κ2) is 7.87. The topological polar surface area (TPSA) is 84.6 Å². The van der Waals surface area contributed by atoms with Crippen molar-refractivity contribution in [1.29, 1.82) is 0 Å². The Morgan fingerprint density at radius 2 is 1.90 bits per heavy atom. The van der Waals surface area contributed by atoms with E-state index in [1.54, 1.807) is 10.9 Å². The lowest BCUT2D eigenvalue weighted by molar-refractivity contribution is 0.200. The molecule has 1 aliphatic rings. The highest BCUT2D eigenvalue weighted by atomic mass is 16.1. The molecular weight excluding hydrogens is 378 g/mol. The van der Waals surface area contributed by atoms with E-state index < -0.39 is 0 Å². The first-order valence-corrected chi connectivity index (χ1v) is 10.5. The van der Waals surface area contributed by atoms with Gasteiger partial charge in [0.15, 0.2) is 5.65 Å². The molecule has 3 aromatic heterocycles. The normalized spacial score (nSPS) is 15.8. The van der Waals surface area contributed by atoms with Crippen molar-refractivity contribution in [3.05, 3.63) is 70.7 Å². The van der Waals surface area contributed by atoms with Gasteiger partial charge >= 0.3 is 0 Å². The lowest BCUT2D eigenvalue weighted by Gasteiger charge is -2.31. The molecule has 1 aromatic carbocycles. The Morgan fingerprint density at radius 3 is 2.63 bits per heavy atom. The van der Waals surface area contributed by atoms with Crippen LogP contribution in [0.5, 0.6) is 0 Å². The number of hydrogen-bond donors (Lipinski definition) is 1. The Hall–Kier alpha value is -3.26. The number of hydrogen-bond acceptors (Lipinski definition) is 5. The zero-order chi connectivity index (χ0) is 20.5. The van der Waals surface area contributed by atoms with Crippen LogP contribution in [0.4, 0.5) is 0 Å². The summed E-state index contributed by atoms with van der Waals surface area (Å²) in [6.45, 7) is 5.59. The largest absolute Gasteiger partial charge is 0.309 e. The quantitative estimate of drug-likeness (QED) is 0.554. The maximum absolute atomic E-state index is 12.6. The number of benzene rings is 1. The number of rotatable bonds is 5. The standard InChI is InChI=1S/C22H25N7O/c1-2-28-14-17(12-23-28)16-8-10-27(11-9-16)15-20-25-21-19(22(30)26-20)13-24-29(21)18-6-4-3-5-7-18/h3-7,12-14,16H,2,8-11,15H2,1H3,(H,25,26,30).